The number of rotatable bonds is 7. The molecule has 0 bridgehead atoms. The molecule has 1 aromatic heterocycles. The zero-order chi connectivity index (χ0) is 25.8. The van der Waals surface area contributed by atoms with Gasteiger partial charge in [-0.05, 0) is 60.2 Å². The summed E-state index contributed by atoms with van der Waals surface area (Å²) in [7, 11) is 3.08. The average Bonchev–Trinajstić information content (AvgIpc) is 3.22. The number of nitrogens with one attached hydrogen (secondary N) is 1. The van der Waals surface area contributed by atoms with Crippen LogP contribution in [0.5, 0.6) is 17.4 Å². The number of hydrogen-bond donors (Lipinski definition) is 1. The Kier molecular flexibility index (Phi) is 7.00. The Morgan fingerprint density at radius 1 is 0.861 bits per heavy atom. The fraction of sp³-hybridized carbons (Fsp3) is 0.148. The number of amides is 1. The number of methoxy groups -OCH3 is 2. The number of esters is 1. The summed E-state index contributed by atoms with van der Waals surface area (Å²) in [5, 5.41) is 7.49. The Labute approximate surface area is 207 Å². The van der Waals surface area contributed by atoms with E-state index < -0.39 is 11.8 Å². The summed E-state index contributed by atoms with van der Waals surface area (Å²) in [6.07, 6.45) is 0. The molecule has 9 heteroatoms. The van der Waals surface area contributed by atoms with E-state index in [9.17, 15) is 14.0 Å². The van der Waals surface area contributed by atoms with E-state index >= 15 is 0 Å². The van der Waals surface area contributed by atoms with Gasteiger partial charge < -0.3 is 19.5 Å². The second-order valence-electron chi connectivity index (χ2n) is 7.84. The lowest BCUT2D eigenvalue weighted by atomic mass is 10.0. The van der Waals surface area contributed by atoms with Crippen LogP contribution in [0.4, 0.5) is 10.1 Å². The second-order valence-corrected chi connectivity index (χ2v) is 7.84. The predicted molar refractivity (Wildman–Crippen MR) is 133 cm³/mol. The highest BCUT2D eigenvalue weighted by Gasteiger charge is 2.25. The first-order valence-electron chi connectivity index (χ1n) is 11.0. The van der Waals surface area contributed by atoms with E-state index in [4.69, 9.17) is 19.3 Å². The molecule has 0 aliphatic heterocycles. The Bertz CT molecular complexity index is 1410. The van der Waals surface area contributed by atoms with Gasteiger partial charge in [0.1, 0.15) is 11.5 Å². The van der Waals surface area contributed by atoms with E-state index in [1.165, 1.54) is 49.9 Å². The van der Waals surface area contributed by atoms with Crippen LogP contribution in [0.15, 0.2) is 66.7 Å². The van der Waals surface area contributed by atoms with Crippen LogP contribution in [0.3, 0.4) is 0 Å². The Balaban J connectivity index is 1.99. The van der Waals surface area contributed by atoms with Gasteiger partial charge in [0.2, 0.25) is 11.8 Å². The number of hydrogen-bond acceptors (Lipinski definition) is 6. The van der Waals surface area contributed by atoms with Crippen molar-refractivity contribution in [1.29, 1.82) is 0 Å². The third-order valence-electron chi connectivity index (χ3n) is 5.31. The van der Waals surface area contributed by atoms with Crippen molar-refractivity contribution in [2.75, 3.05) is 19.5 Å². The lowest BCUT2D eigenvalue weighted by Crippen LogP contribution is -2.08. The van der Waals surface area contributed by atoms with Crippen LogP contribution < -0.4 is 19.5 Å². The molecule has 1 heterocycles. The molecule has 1 amide bonds. The molecule has 184 valence electrons. The molecule has 0 aliphatic rings. The average molecular weight is 490 g/mol. The minimum Gasteiger partial charge on any atom is -0.493 e. The van der Waals surface area contributed by atoms with Crippen molar-refractivity contribution in [2.24, 2.45) is 0 Å². The monoisotopic (exact) mass is 489 g/mol. The third kappa shape index (κ3) is 5.05. The first-order valence-corrected chi connectivity index (χ1v) is 11.0. The molecule has 3 aromatic carbocycles. The van der Waals surface area contributed by atoms with Crippen LogP contribution >= 0.6 is 0 Å². The smallest absolute Gasteiger partial charge is 0.309 e. The molecular formula is C27H24FN3O5. The Morgan fingerprint density at radius 2 is 1.50 bits per heavy atom. The Morgan fingerprint density at radius 3 is 2.08 bits per heavy atom. The number of anilines is 1. The molecular weight excluding hydrogens is 465 g/mol. The van der Waals surface area contributed by atoms with Gasteiger partial charge in [0.25, 0.3) is 0 Å². The number of ether oxygens (including phenoxy) is 3. The summed E-state index contributed by atoms with van der Waals surface area (Å²) >= 11 is 0. The first kappa shape index (κ1) is 24.5. The fourth-order valence-electron chi connectivity index (χ4n) is 3.76. The maximum Gasteiger partial charge on any atom is 0.309 e. The van der Waals surface area contributed by atoms with E-state index in [0.717, 1.165) is 0 Å². The molecule has 0 unspecified atom stereocenters. The van der Waals surface area contributed by atoms with Crippen LogP contribution in [0.25, 0.3) is 28.1 Å². The molecule has 0 spiro atoms. The predicted octanol–water partition coefficient (Wildman–Crippen LogP) is 5.25. The molecule has 1 N–H and O–H groups in total. The van der Waals surface area contributed by atoms with Gasteiger partial charge in [-0.3, -0.25) is 9.59 Å². The van der Waals surface area contributed by atoms with Gasteiger partial charge in [-0.2, -0.15) is 9.78 Å². The van der Waals surface area contributed by atoms with E-state index in [2.05, 4.69) is 5.32 Å². The number of aromatic nitrogens is 2. The Hall–Kier alpha value is -4.66. The topological polar surface area (TPSA) is 91.7 Å². The van der Waals surface area contributed by atoms with Crippen LogP contribution in [0, 0.1) is 5.82 Å². The summed E-state index contributed by atoms with van der Waals surface area (Å²) in [6.45, 7) is 2.72. The van der Waals surface area contributed by atoms with Crippen molar-refractivity contribution in [3.8, 4) is 45.5 Å². The highest BCUT2D eigenvalue weighted by molar-refractivity contribution is 5.91. The number of carbonyl (C=O) groups excluding carboxylic acids is 2. The number of halogens is 1. The van der Waals surface area contributed by atoms with Gasteiger partial charge in [-0.25, -0.2) is 4.39 Å². The SMILES string of the molecule is COc1ccc(-c2nn(-c3ccc(F)cc3)c(OC(C)=O)c2-c2ccc(NC(C)=O)cc2)cc1OC. The summed E-state index contributed by atoms with van der Waals surface area (Å²) in [4.78, 5) is 23.6. The number of carbonyl (C=O) groups is 2. The summed E-state index contributed by atoms with van der Waals surface area (Å²) in [5.74, 6) is 0.0414. The first-order chi connectivity index (χ1) is 17.3. The standard InChI is InChI=1S/C27H24FN3O5/c1-16(32)29-21-10-5-18(6-11-21)25-26(19-7-14-23(34-3)24(15-19)35-4)30-31(27(25)36-17(2)33)22-12-8-20(28)9-13-22/h5-15H,1-4H3,(H,29,32). The molecule has 0 radical (unpaired) electrons. The molecule has 0 saturated carbocycles. The van der Waals surface area contributed by atoms with Gasteiger partial charge in [0.05, 0.1) is 25.5 Å². The van der Waals surface area contributed by atoms with E-state index in [1.807, 2.05) is 6.07 Å². The molecule has 8 nitrogen and oxygen atoms in total. The number of benzene rings is 3. The molecule has 0 aliphatic carbocycles. The molecule has 0 atom stereocenters. The van der Waals surface area contributed by atoms with Crippen molar-refractivity contribution in [2.45, 2.75) is 13.8 Å². The molecule has 36 heavy (non-hydrogen) atoms. The van der Waals surface area contributed by atoms with Crippen LogP contribution in [0.2, 0.25) is 0 Å². The zero-order valence-electron chi connectivity index (χ0n) is 20.2. The van der Waals surface area contributed by atoms with E-state index in [1.54, 1.807) is 43.5 Å². The van der Waals surface area contributed by atoms with Crippen LogP contribution in [-0.2, 0) is 9.59 Å². The van der Waals surface area contributed by atoms with Crippen LogP contribution in [-0.4, -0.2) is 35.9 Å². The quantitative estimate of drug-likeness (QED) is 0.357. The highest BCUT2D eigenvalue weighted by atomic mass is 19.1. The van der Waals surface area contributed by atoms with Gasteiger partial charge >= 0.3 is 5.97 Å². The molecule has 4 aromatic rings. The lowest BCUT2D eigenvalue weighted by Gasteiger charge is -2.11. The normalized spacial score (nSPS) is 10.6. The summed E-state index contributed by atoms with van der Waals surface area (Å²) in [5.41, 5.74) is 3.47. The van der Waals surface area contributed by atoms with Gasteiger partial charge in [-0.15, -0.1) is 0 Å². The summed E-state index contributed by atoms with van der Waals surface area (Å²) < 4.78 is 31.6. The highest BCUT2D eigenvalue weighted by Crippen LogP contribution is 2.43. The van der Waals surface area contributed by atoms with E-state index in [-0.39, 0.29) is 11.8 Å². The van der Waals surface area contributed by atoms with Gasteiger partial charge in [0, 0.05) is 25.1 Å². The molecule has 0 fully saturated rings. The summed E-state index contributed by atoms with van der Waals surface area (Å²) in [6, 6.07) is 18.1. The van der Waals surface area contributed by atoms with Gasteiger partial charge in [0.15, 0.2) is 11.5 Å². The van der Waals surface area contributed by atoms with Crippen molar-refractivity contribution < 1.29 is 28.2 Å². The maximum absolute atomic E-state index is 13.6. The number of nitrogens with zero attached hydrogens (tertiary/aromatic N) is 2. The van der Waals surface area contributed by atoms with Crippen molar-refractivity contribution in [1.82, 2.24) is 9.78 Å². The molecule has 0 saturated heterocycles. The van der Waals surface area contributed by atoms with Crippen molar-refractivity contribution >= 4 is 17.6 Å². The van der Waals surface area contributed by atoms with Crippen molar-refractivity contribution in [3.63, 3.8) is 0 Å². The minimum absolute atomic E-state index is 0.158. The zero-order valence-corrected chi connectivity index (χ0v) is 20.2. The van der Waals surface area contributed by atoms with Crippen molar-refractivity contribution in [3.05, 3.63) is 72.5 Å². The third-order valence-corrected chi connectivity index (χ3v) is 5.31. The van der Waals surface area contributed by atoms with E-state index in [0.29, 0.717) is 45.3 Å². The maximum atomic E-state index is 13.6. The molecule has 4 rings (SSSR count). The van der Waals surface area contributed by atoms with Crippen LogP contribution in [0.1, 0.15) is 13.8 Å². The fourth-order valence-corrected chi connectivity index (χ4v) is 3.76. The largest absolute Gasteiger partial charge is 0.493 e. The minimum atomic E-state index is -0.548. The van der Waals surface area contributed by atoms with Gasteiger partial charge in [-0.1, -0.05) is 12.1 Å². The second kappa shape index (κ2) is 10.3. The lowest BCUT2D eigenvalue weighted by molar-refractivity contribution is -0.132.